The van der Waals surface area contributed by atoms with Gasteiger partial charge in [0.2, 0.25) is 21.8 Å². The van der Waals surface area contributed by atoms with Crippen molar-refractivity contribution in [3.8, 4) is 0 Å². The summed E-state index contributed by atoms with van der Waals surface area (Å²) in [7, 11) is -3.78. The summed E-state index contributed by atoms with van der Waals surface area (Å²) in [6.45, 7) is 6.82. The van der Waals surface area contributed by atoms with Gasteiger partial charge in [0.25, 0.3) is 0 Å². The highest BCUT2D eigenvalue weighted by atomic mass is 32.2. The molecule has 7 nitrogen and oxygen atoms in total. The molecule has 9 heteroatoms. The van der Waals surface area contributed by atoms with Gasteiger partial charge in [0.05, 0.1) is 11.9 Å². The largest absolute Gasteiger partial charge is 0.352 e. The maximum Gasteiger partial charge on any atom is 0.244 e. The second-order valence-electron chi connectivity index (χ2n) is 8.34. The standard InChI is InChI=1S/C24H32FN3O4S/c1-6-22(24(30)26-17(2)3)27(15-19-10-12-20(25)13-11-19)23(29)16-28(33(5,31)32)21-9-7-8-18(4)14-21/h7-14,17,22H,6,15-16H2,1-5H3,(H,26,30)/t22-/m1/s1. The Kier molecular flexibility index (Phi) is 8.99. The summed E-state index contributed by atoms with van der Waals surface area (Å²) in [4.78, 5) is 27.7. The quantitative estimate of drug-likeness (QED) is 0.569. The Morgan fingerprint density at radius 2 is 1.73 bits per heavy atom. The van der Waals surface area contributed by atoms with E-state index < -0.39 is 34.3 Å². The summed E-state index contributed by atoms with van der Waals surface area (Å²) in [5.41, 5.74) is 1.84. The zero-order chi connectivity index (χ0) is 24.8. The number of carbonyl (C=O) groups is 2. The molecule has 0 bridgehead atoms. The molecule has 0 unspecified atom stereocenters. The van der Waals surface area contributed by atoms with Crippen LogP contribution in [0.15, 0.2) is 48.5 Å². The van der Waals surface area contributed by atoms with E-state index in [1.54, 1.807) is 25.1 Å². The minimum absolute atomic E-state index is 0.0363. The zero-order valence-electron chi connectivity index (χ0n) is 19.7. The van der Waals surface area contributed by atoms with Crippen LogP contribution in [0, 0.1) is 12.7 Å². The average molecular weight is 478 g/mol. The van der Waals surface area contributed by atoms with E-state index in [2.05, 4.69) is 5.32 Å². The molecule has 0 fully saturated rings. The number of halogens is 1. The Morgan fingerprint density at radius 3 is 2.24 bits per heavy atom. The van der Waals surface area contributed by atoms with Gasteiger partial charge < -0.3 is 10.2 Å². The fourth-order valence-electron chi connectivity index (χ4n) is 3.48. The van der Waals surface area contributed by atoms with Crippen molar-refractivity contribution in [3.63, 3.8) is 0 Å². The Labute approximate surface area is 195 Å². The van der Waals surface area contributed by atoms with Crippen LogP contribution in [-0.4, -0.2) is 50.0 Å². The van der Waals surface area contributed by atoms with Gasteiger partial charge in [-0.05, 0) is 62.6 Å². The van der Waals surface area contributed by atoms with E-state index in [-0.39, 0.29) is 18.5 Å². The first-order chi connectivity index (χ1) is 15.4. The van der Waals surface area contributed by atoms with Gasteiger partial charge in [0.1, 0.15) is 18.4 Å². The molecule has 1 atom stereocenters. The van der Waals surface area contributed by atoms with Crippen LogP contribution in [0.2, 0.25) is 0 Å². The molecule has 1 N–H and O–H groups in total. The first kappa shape index (κ1) is 26.3. The number of sulfonamides is 1. The number of amides is 2. The molecule has 2 aromatic rings. The maximum atomic E-state index is 13.5. The summed E-state index contributed by atoms with van der Waals surface area (Å²) in [5, 5.41) is 2.82. The third kappa shape index (κ3) is 7.56. The van der Waals surface area contributed by atoms with Crippen molar-refractivity contribution < 1.29 is 22.4 Å². The molecule has 2 aromatic carbocycles. The second-order valence-corrected chi connectivity index (χ2v) is 10.3. The smallest absolute Gasteiger partial charge is 0.244 e. The van der Waals surface area contributed by atoms with Crippen LogP contribution >= 0.6 is 0 Å². The fraction of sp³-hybridized carbons (Fsp3) is 0.417. The number of nitrogens with zero attached hydrogens (tertiary/aromatic N) is 2. The highest BCUT2D eigenvalue weighted by Crippen LogP contribution is 2.21. The number of aryl methyl sites for hydroxylation is 1. The summed E-state index contributed by atoms with van der Waals surface area (Å²) < 4.78 is 39.5. The number of anilines is 1. The van der Waals surface area contributed by atoms with Gasteiger partial charge in [0, 0.05) is 12.6 Å². The fourth-order valence-corrected chi connectivity index (χ4v) is 4.32. The number of carbonyl (C=O) groups excluding carboxylic acids is 2. The Balaban J connectivity index is 2.43. The number of rotatable bonds is 10. The Hall–Kier alpha value is -2.94. The lowest BCUT2D eigenvalue weighted by Crippen LogP contribution is -2.53. The van der Waals surface area contributed by atoms with E-state index in [0.29, 0.717) is 17.7 Å². The van der Waals surface area contributed by atoms with Gasteiger partial charge in [-0.1, -0.05) is 31.2 Å². The van der Waals surface area contributed by atoms with Gasteiger partial charge >= 0.3 is 0 Å². The molecule has 0 radical (unpaired) electrons. The third-order valence-corrected chi connectivity index (χ3v) is 6.19. The SMILES string of the molecule is CC[C@H](C(=O)NC(C)C)N(Cc1ccc(F)cc1)C(=O)CN(c1cccc(C)c1)S(C)(=O)=O. The molecule has 0 aliphatic heterocycles. The average Bonchev–Trinajstić information content (AvgIpc) is 2.71. The van der Waals surface area contributed by atoms with E-state index in [1.807, 2.05) is 26.8 Å². The summed E-state index contributed by atoms with van der Waals surface area (Å²) in [6.07, 6.45) is 1.37. The first-order valence-corrected chi connectivity index (χ1v) is 12.7. The van der Waals surface area contributed by atoms with Gasteiger partial charge in [-0.2, -0.15) is 0 Å². The molecular formula is C24H32FN3O4S. The monoisotopic (exact) mass is 477 g/mol. The lowest BCUT2D eigenvalue weighted by Gasteiger charge is -2.33. The first-order valence-electron chi connectivity index (χ1n) is 10.8. The van der Waals surface area contributed by atoms with Gasteiger partial charge in [0.15, 0.2) is 0 Å². The van der Waals surface area contributed by atoms with Crippen LogP contribution in [0.1, 0.15) is 38.3 Å². The Bertz CT molecular complexity index is 1070. The van der Waals surface area contributed by atoms with Crippen LogP contribution in [0.4, 0.5) is 10.1 Å². The summed E-state index contributed by atoms with van der Waals surface area (Å²) >= 11 is 0. The maximum absolute atomic E-state index is 13.5. The van der Waals surface area contributed by atoms with Crippen LogP contribution in [-0.2, 0) is 26.2 Å². The minimum atomic E-state index is -3.78. The van der Waals surface area contributed by atoms with E-state index >= 15 is 0 Å². The second kappa shape index (κ2) is 11.3. The summed E-state index contributed by atoms with van der Waals surface area (Å²) in [5.74, 6) is -1.27. The van der Waals surface area contributed by atoms with Crippen molar-refractivity contribution >= 4 is 27.5 Å². The van der Waals surface area contributed by atoms with Crippen LogP contribution in [0.3, 0.4) is 0 Å². The number of nitrogens with one attached hydrogen (secondary N) is 1. The highest BCUT2D eigenvalue weighted by molar-refractivity contribution is 7.92. The molecule has 0 heterocycles. The minimum Gasteiger partial charge on any atom is -0.352 e. The lowest BCUT2D eigenvalue weighted by molar-refractivity contribution is -0.140. The molecule has 2 rings (SSSR count). The molecule has 0 spiro atoms. The van der Waals surface area contributed by atoms with Gasteiger partial charge in [-0.25, -0.2) is 12.8 Å². The molecule has 0 aliphatic rings. The lowest BCUT2D eigenvalue weighted by atomic mass is 10.1. The van der Waals surface area contributed by atoms with Crippen molar-refractivity contribution in [1.82, 2.24) is 10.2 Å². The van der Waals surface area contributed by atoms with E-state index in [9.17, 15) is 22.4 Å². The van der Waals surface area contributed by atoms with Crippen LogP contribution in [0.5, 0.6) is 0 Å². The third-order valence-electron chi connectivity index (χ3n) is 5.05. The van der Waals surface area contributed by atoms with Crippen LogP contribution in [0.25, 0.3) is 0 Å². The molecule has 33 heavy (non-hydrogen) atoms. The molecule has 0 aromatic heterocycles. The number of hydrogen-bond acceptors (Lipinski definition) is 4. The summed E-state index contributed by atoms with van der Waals surface area (Å²) in [6, 6.07) is 11.5. The van der Waals surface area contributed by atoms with Crippen molar-refractivity contribution in [2.24, 2.45) is 0 Å². The molecule has 0 saturated heterocycles. The predicted molar refractivity (Wildman–Crippen MR) is 128 cm³/mol. The van der Waals surface area contributed by atoms with E-state index in [0.717, 1.165) is 16.1 Å². The molecular weight excluding hydrogens is 445 g/mol. The molecule has 0 aliphatic carbocycles. The van der Waals surface area contributed by atoms with Crippen molar-refractivity contribution in [2.45, 2.75) is 52.7 Å². The molecule has 2 amide bonds. The van der Waals surface area contributed by atoms with Gasteiger partial charge in [-0.15, -0.1) is 0 Å². The topological polar surface area (TPSA) is 86.8 Å². The highest BCUT2D eigenvalue weighted by Gasteiger charge is 2.32. The number of hydrogen-bond donors (Lipinski definition) is 1. The van der Waals surface area contributed by atoms with Gasteiger partial charge in [-0.3, -0.25) is 13.9 Å². The Morgan fingerprint density at radius 1 is 1.09 bits per heavy atom. The zero-order valence-corrected chi connectivity index (χ0v) is 20.5. The number of benzene rings is 2. The van der Waals surface area contributed by atoms with Crippen molar-refractivity contribution in [2.75, 3.05) is 17.1 Å². The normalized spacial score (nSPS) is 12.3. The van der Waals surface area contributed by atoms with E-state index in [1.165, 1.54) is 29.2 Å². The van der Waals surface area contributed by atoms with Crippen LogP contribution < -0.4 is 9.62 Å². The predicted octanol–water partition coefficient (Wildman–Crippen LogP) is 3.23. The van der Waals surface area contributed by atoms with Crippen molar-refractivity contribution in [3.05, 3.63) is 65.5 Å². The molecule has 180 valence electrons. The molecule has 0 saturated carbocycles. The van der Waals surface area contributed by atoms with E-state index in [4.69, 9.17) is 0 Å². The van der Waals surface area contributed by atoms with Crippen molar-refractivity contribution in [1.29, 1.82) is 0 Å².